The van der Waals surface area contributed by atoms with Gasteiger partial charge in [0.05, 0.1) is 7.11 Å². The van der Waals surface area contributed by atoms with Gasteiger partial charge in [-0.15, -0.1) is 0 Å². The lowest BCUT2D eigenvalue weighted by Gasteiger charge is -2.39. The Kier molecular flexibility index (Phi) is 6.48. The van der Waals surface area contributed by atoms with Gasteiger partial charge in [0.15, 0.2) is 0 Å². The van der Waals surface area contributed by atoms with Crippen LogP contribution in [0.2, 0.25) is 0 Å². The van der Waals surface area contributed by atoms with Gasteiger partial charge in [0.2, 0.25) is 0 Å². The van der Waals surface area contributed by atoms with Crippen LogP contribution in [0.1, 0.15) is 30.5 Å². The highest BCUT2D eigenvalue weighted by molar-refractivity contribution is 5.29. The molecule has 2 aromatic carbocycles. The Balaban J connectivity index is 1.73. The number of aryl methyl sites for hydroxylation is 1. The van der Waals surface area contributed by atoms with Crippen molar-refractivity contribution in [1.82, 2.24) is 9.80 Å². The molecular formula is C22H30N2O. The minimum absolute atomic E-state index is 0.477. The molecule has 134 valence electrons. The maximum Gasteiger partial charge on any atom is 0.118 e. The molecule has 0 saturated carbocycles. The quantitative estimate of drug-likeness (QED) is 0.759. The number of methoxy groups -OCH3 is 1. The second kappa shape index (κ2) is 9.02. The highest BCUT2D eigenvalue weighted by Gasteiger charge is 2.24. The van der Waals surface area contributed by atoms with Gasteiger partial charge in [-0.2, -0.15) is 0 Å². The van der Waals surface area contributed by atoms with E-state index in [1.165, 1.54) is 24.2 Å². The molecule has 1 aliphatic heterocycles. The molecule has 1 aliphatic rings. The van der Waals surface area contributed by atoms with Crippen molar-refractivity contribution in [2.24, 2.45) is 0 Å². The van der Waals surface area contributed by atoms with Crippen molar-refractivity contribution in [1.29, 1.82) is 0 Å². The Morgan fingerprint density at radius 1 is 0.920 bits per heavy atom. The molecule has 0 N–H and O–H groups in total. The highest BCUT2D eigenvalue weighted by atomic mass is 16.5. The summed E-state index contributed by atoms with van der Waals surface area (Å²) in [5.41, 5.74) is 2.83. The molecule has 1 fully saturated rings. The maximum absolute atomic E-state index is 5.33. The molecule has 3 heteroatoms. The highest BCUT2D eigenvalue weighted by Crippen LogP contribution is 2.28. The van der Waals surface area contributed by atoms with Gasteiger partial charge >= 0.3 is 0 Å². The first-order chi connectivity index (χ1) is 12.3. The average molecular weight is 338 g/mol. The molecule has 3 nitrogen and oxygen atoms in total. The lowest BCUT2D eigenvalue weighted by molar-refractivity contribution is 0.0951. The van der Waals surface area contributed by atoms with Crippen LogP contribution in [0.25, 0.3) is 0 Å². The number of ether oxygens (including phenoxy) is 1. The summed E-state index contributed by atoms with van der Waals surface area (Å²) in [6.45, 7) is 8.07. The predicted molar refractivity (Wildman–Crippen MR) is 104 cm³/mol. The number of hydrogen-bond acceptors (Lipinski definition) is 3. The van der Waals surface area contributed by atoms with Crippen LogP contribution < -0.4 is 4.74 Å². The van der Waals surface area contributed by atoms with Gasteiger partial charge in [0, 0.05) is 32.2 Å². The average Bonchev–Trinajstić information content (AvgIpc) is 2.70. The monoisotopic (exact) mass is 338 g/mol. The van der Waals surface area contributed by atoms with E-state index < -0.39 is 0 Å². The molecule has 1 unspecified atom stereocenters. The summed E-state index contributed by atoms with van der Waals surface area (Å²) < 4.78 is 5.33. The third kappa shape index (κ3) is 4.83. The van der Waals surface area contributed by atoms with E-state index in [1.807, 2.05) is 0 Å². The van der Waals surface area contributed by atoms with Crippen molar-refractivity contribution in [3.63, 3.8) is 0 Å². The predicted octanol–water partition coefficient (Wildman–Crippen LogP) is 4.01. The number of nitrogens with zero attached hydrogens (tertiary/aromatic N) is 2. The summed E-state index contributed by atoms with van der Waals surface area (Å²) in [4.78, 5) is 5.20. The molecule has 1 heterocycles. The molecular weight excluding hydrogens is 308 g/mol. The molecule has 3 rings (SSSR count). The minimum Gasteiger partial charge on any atom is -0.497 e. The lowest BCUT2D eigenvalue weighted by Crippen LogP contribution is -2.47. The van der Waals surface area contributed by atoms with E-state index in [0.29, 0.717) is 6.04 Å². The molecule has 2 aromatic rings. The van der Waals surface area contributed by atoms with Crippen molar-refractivity contribution in [2.75, 3.05) is 39.8 Å². The van der Waals surface area contributed by atoms with Crippen LogP contribution in [0.5, 0.6) is 5.75 Å². The summed E-state index contributed by atoms with van der Waals surface area (Å²) in [5.74, 6) is 0.932. The first-order valence-electron chi connectivity index (χ1n) is 9.44. The normalized spacial score (nSPS) is 17.4. The van der Waals surface area contributed by atoms with Gasteiger partial charge in [0.1, 0.15) is 5.75 Å². The van der Waals surface area contributed by atoms with Crippen LogP contribution in [0.4, 0.5) is 0 Å². The fourth-order valence-electron chi connectivity index (χ4n) is 3.73. The Bertz CT molecular complexity index is 618. The van der Waals surface area contributed by atoms with Gasteiger partial charge in [-0.3, -0.25) is 4.90 Å². The van der Waals surface area contributed by atoms with Gasteiger partial charge in [-0.25, -0.2) is 0 Å². The van der Waals surface area contributed by atoms with Crippen molar-refractivity contribution in [2.45, 2.75) is 25.8 Å². The number of rotatable bonds is 7. The second-order valence-corrected chi connectivity index (χ2v) is 6.78. The first kappa shape index (κ1) is 18.0. The summed E-state index contributed by atoms with van der Waals surface area (Å²) in [5, 5.41) is 0. The number of piperazine rings is 1. The smallest absolute Gasteiger partial charge is 0.118 e. The zero-order chi connectivity index (χ0) is 17.5. The van der Waals surface area contributed by atoms with Crippen molar-refractivity contribution in [3.8, 4) is 5.75 Å². The molecule has 1 saturated heterocycles. The zero-order valence-electron chi connectivity index (χ0n) is 15.5. The standard InChI is InChI=1S/C22H30N2O/c1-3-23-15-17-24(18-16-23)22(14-9-19-7-5-4-6-8-19)20-10-12-21(25-2)13-11-20/h4-8,10-13,22H,3,9,14-18H2,1-2H3. The maximum atomic E-state index is 5.33. The largest absolute Gasteiger partial charge is 0.497 e. The summed E-state index contributed by atoms with van der Waals surface area (Å²) in [6.07, 6.45) is 2.27. The van der Waals surface area contributed by atoms with Crippen LogP contribution in [0, 0.1) is 0 Å². The number of hydrogen-bond donors (Lipinski definition) is 0. The van der Waals surface area contributed by atoms with Gasteiger partial charge in [-0.05, 0) is 42.6 Å². The second-order valence-electron chi connectivity index (χ2n) is 6.78. The fraction of sp³-hybridized carbons (Fsp3) is 0.455. The van der Waals surface area contributed by atoms with Crippen molar-refractivity contribution in [3.05, 3.63) is 65.7 Å². The topological polar surface area (TPSA) is 15.7 Å². The van der Waals surface area contributed by atoms with E-state index in [1.54, 1.807) is 7.11 Å². The zero-order valence-corrected chi connectivity index (χ0v) is 15.5. The van der Waals surface area contributed by atoms with Crippen LogP contribution in [0.3, 0.4) is 0 Å². The molecule has 0 spiro atoms. The van der Waals surface area contributed by atoms with Crippen LogP contribution in [-0.4, -0.2) is 49.6 Å². The summed E-state index contributed by atoms with van der Waals surface area (Å²) >= 11 is 0. The van der Waals surface area contributed by atoms with E-state index in [9.17, 15) is 0 Å². The van der Waals surface area contributed by atoms with E-state index >= 15 is 0 Å². The minimum atomic E-state index is 0.477. The molecule has 0 aliphatic carbocycles. The molecule has 0 aromatic heterocycles. The molecule has 1 atom stereocenters. The molecule has 25 heavy (non-hydrogen) atoms. The van der Waals surface area contributed by atoms with Crippen molar-refractivity contribution >= 4 is 0 Å². The molecule has 0 radical (unpaired) electrons. The Hall–Kier alpha value is -1.84. The SMILES string of the molecule is CCN1CCN(C(CCc2ccccc2)c2ccc(OC)cc2)CC1. The number of likely N-dealkylation sites (N-methyl/N-ethyl adjacent to an activating group) is 1. The summed E-state index contributed by atoms with van der Waals surface area (Å²) in [6, 6.07) is 20.0. The Morgan fingerprint density at radius 2 is 1.60 bits per heavy atom. The van der Waals surface area contributed by atoms with Gasteiger partial charge in [-0.1, -0.05) is 49.4 Å². The van der Waals surface area contributed by atoms with Crippen LogP contribution >= 0.6 is 0 Å². The van der Waals surface area contributed by atoms with E-state index in [2.05, 4.69) is 71.3 Å². The van der Waals surface area contributed by atoms with Crippen LogP contribution in [-0.2, 0) is 6.42 Å². The van der Waals surface area contributed by atoms with Gasteiger partial charge in [0.25, 0.3) is 0 Å². The van der Waals surface area contributed by atoms with E-state index in [0.717, 1.165) is 38.2 Å². The lowest BCUT2D eigenvalue weighted by atomic mass is 9.96. The molecule has 0 bridgehead atoms. The van der Waals surface area contributed by atoms with Gasteiger partial charge < -0.3 is 9.64 Å². The third-order valence-electron chi connectivity index (χ3n) is 5.34. The molecule has 0 amide bonds. The first-order valence-corrected chi connectivity index (χ1v) is 9.44. The van der Waals surface area contributed by atoms with Crippen LogP contribution in [0.15, 0.2) is 54.6 Å². The summed E-state index contributed by atoms with van der Waals surface area (Å²) in [7, 11) is 1.73. The van der Waals surface area contributed by atoms with Crippen molar-refractivity contribution < 1.29 is 4.74 Å². The Labute approximate surface area is 152 Å². The Morgan fingerprint density at radius 3 is 2.20 bits per heavy atom. The number of benzene rings is 2. The van der Waals surface area contributed by atoms with E-state index in [4.69, 9.17) is 4.74 Å². The van der Waals surface area contributed by atoms with E-state index in [-0.39, 0.29) is 0 Å². The third-order valence-corrected chi connectivity index (χ3v) is 5.34. The fourth-order valence-corrected chi connectivity index (χ4v) is 3.73.